The van der Waals surface area contributed by atoms with Gasteiger partial charge in [-0.1, -0.05) is 6.07 Å². The predicted molar refractivity (Wildman–Crippen MR) is 64.2 cm³/mol. The zero-order chi connectivity index (χ0) is 13.6. The van der Waals surface area contributed by atoms with Crippen molar-refractivity contribution in [3.8, 4) is 11.3 Å². The van der Waals surface area contributed by atoms with E-state index >= 15 is 0 Å². The number of amides is 1. The molecule has 0 saturated heterocycles. The van der Waals surface area contributed by atoms with E-state index in [0.29, 0.717) is 17.6 Å². The van der Waals surface area contributed by atoms with Gasteiger partial charge in [-0.2, -0.15) is 0 Å². The van der Waals surface area contributed by atoms with E-state index in [4.69, 9.17) is 4.42 Å². The van der Waals surface area contributed by atoms with Crippen LogP contribution in [0.3, 0.4) is 0 Å². The second-order valence-corrected chi connectivity index (χ2v) is 5.62. The van der Waals surface area contributed by atoms with Crippen LogP contribution < -0.4 is 4.72 Å². The highest BCUT2D eigenvalue weighted by atomic mass is 32.2. The average Bonchev–Trinajstić information content (AvgIpc) is 2.93. The molecule has 0 radical (unpaired) electrons. The van der Waals surface area contributed by atoms with Gasteiger partial charge >= 0.3 is 0 Å². The predicted octanol–water partition coefficient (Wildman–Crippen LogP) is 1.19. The number of benzene rings is 1. The van der Waals surface area contributed by atoms with E-state index in [1.807, 2.05) is 4.72 Å². The molecule has 1 aromatic carbocycles. The fourth-order valence-electron chi connectivity index (χ4n) is 1.89. The Morgan fingerprint density at radius 3 is 2.63 bits per heavy atom. The van der Waals surface area contributed by atoms with E-state index < -0.39 is 15.9 Å². The first-order valence-electron chi connectivity index (χ1n) is 5.28. The Balaban J connectivity index is 2.17. The molecular weight excluding hydrogens is 270 g/mol. The highest BCUT2D eigenvalue weighted by Crippen LogP contribution is 2.29. The summed E-state index contributed by atoms with van der Waals surface area (Å²) < 4.78 is 30.5. The van der Waals surface area contributed by atoms with Gasteiger partial charge < -0.3 is 4.42 Å². The molecule has 96 valence electrons. The van der Waals surface area contributed by atoms with Gasteiger partial charge in [0.05, 0.1) is 5.56 Å². The van der Waals surface area contributed by atoms with Gasteiger partial charge in [-0.3, -0.25) is 9.59 Å². The molecule has 0 fully saturated rings. The number of hydrogen-bond acceptors (Lipinski definition) is 5. The van der Waals surface area contributed by atoms with Gasteiger partial charge in [-0.25, -0.2) is 13.1 Å². The number of carbonyl (C=O) groups is 2. The van der Waals surface area contributed by atoms with Crippen LogP contribution in [0.25, 0.3) is 11.3 Å². The van der Waals surface area contributed by atoms with Crippen molar-refractivity contribution >= 4 is 22.2 Å². The summed E-state index contributed by atoms with van der Waals surface area (Å²) in [6, 6.07) is 7.35. The van der Waals surface area contributed by atoms with Crippen molar-refractivity contribution < 1.29 is 22.4 Å². The lowest BCUT2D eigenvalue weighted by Crippen LogP contribution is -2.20. The van der Waals surface area contributed by atoms with Gasteiger partial charge in [0.2, 0.25) is 0 Å². The number of rotatable bonds is 2. The zero-order valence-corrected chi connectivity index (χ0v) is 10.2. The molecule has 0 bridgehead atoms. The fourth-order valence-corrected chi connectivity index (χ4v) is 3.09. The van der Waals surface area contributed by atoms with Crippen molar-refractivity contribution in [1.29, 1.82) is 0 Å². The summed E-state index contributed by atoms with van der Waals surface area (Å²) in [4.78, 5) is 21.9. The van der Waals surface area contributed by atoms with Crippen LogP contribution in [0.5, 0.6) is 0 Å². The largest absolute Gasteiger partial charge is 0.453 e. The molecule has 0 unspecified atom stereocenters. The van der Waals surface area contributed by atoms with Crippen LogP contribution in [0.1, 0.15) is 20.9 Å². The van der Waals surface area contributed by atoms with Crippen LogP contribution in [0.2, 0.25) is 0 Å². The topological polar surface area (TPSA) is 93.5 Å². The molecule has 1 aliphatic heterocycles. The van der Waals surface area contributed by atoms with Crippen molar-refractivity contribution in [2.24, 2.45) is 0 Å². The number of furan rings is 1. The maximum atomic E-state index is 11.7. The molecule has 2 heterocycles. The quantitative estimate of drug-likeness (QED) is 0.832. The summed E-state index contributed by atoms with van der Waals surface area (Å²) >= 11 is 0. The van der Waals surface area contributed by atoms with E-state index in [9.17, 15) is 18.0 Å². The minimum atomic E-state index is -3.79. The molecule has 0 spiro atoms. The van der Waals surface area contributed by atoms with E-state index in [1.54, 1.807) is 12.1 Å². The molecule has 1 aromatic heterocycles. The summed E-state index contributed by atoms with van der Waals surface area (Å²) in [7, 11) is -3.79. The van der Waals surface area contributed by atoms with Crippen LogP contribution in [-0.2, 0) is 10.0 Å². The standard InChI is InChI=1S/C12H7NO5S/c14-6-8-2-4-10(18-8)7-1-3-9-11(5-7)19(16,17)13-12(9)15/h1-6H,(H,13,15). The van der Waals surface area contributed by atoms with E-state index in [1.165, 1.54) is 18.2 Å². The first-order chi connectivity index (χ1) is 9.01. The van der Waals surface area contributed by atoms with Crippen molar-refractivity contribution in [2.45, 2.75) is 4.90 Å². The van der Waals surface area contributed by atoms with Crippen molar-refractivity contribution in [3.63, 3.8) is 0 Å². The van der Waals surface area contributed by atoms with Crippen molar-refractivity contribution in [2.75, 3.05) is 0 Å². The summed E-state index contributed by atoms with van der Waals surface area (Å²) in [5.74, 6) is -0.137. The molecular formula is C12H7NO5S. The first-order valence-corrected chi connectivity index (χ1v) is 6.76. The van der Waals surface area contributed by atoms with Crippen LogP contribution in [0.4, 0.5) is 0 Å². The second kappa shape index (κ2) is 3.79. The number of hydrogen-bond donors (Lipinski definition) is 1. The van der Waals surface area contributed by atoms with Crippen LogP contribution in [0.15, 0.2) is 39.6 Å². The Morgan fingerprint density at radius 1 is 1.16 bits per heavy atom. The molecule has 0 aliphatic carbocycles. The van der Waals surface area contributed by atoms with Gasteiger partial charge in [-0.15, -0.1) is 0 Å². The van der Waals surface area contributed by atoms with Gasteiger partial charge in [0.1, 0.15) is 10.7 Å². The number of nitrogens with one attached hydrogen (secondary N) is 1. The Hall–Kier alpha value is -2.41. The third-order valence-electron chi connectivity index (χ3n) is 2.77. The fraction of sp³-hybridized carbons (Fsp3) is 0. The third kappa shape index (κ3) is 1.75. The molecule has 2 aromatic rings. The Bertz CT molecular complexity index is 803. The molecule has 1 N–H and O–H groups in total. The Morgan fingerprint density at radius 2 is 1.95 bits per heavy atom. The summed E-state index contributed by atoms with van der Waals surface area (Å²) in [5, 5.41) is 0. The summed E-state index contributed by atoms with van der Waals surface area (Å²) in [6.07, 6.45) is 0.554. The van der Waals surface area contributed by atoms with Gasteiger partial charge in [-0.05, 0) is 24.3 Å². The lowest BCUT2D eigenvalue weighted by molar-refractivity contribution is 0.0984. The van der Waals surface area contributed by atoms with Gasteiger partial charge in [0, 0.05) is 5.56 Å². The molecule has 6 nitrogen and oxygen atoms in total. The summed E-state index contributed by atoms with van der Waals surface area (Å²) in [5.41, 5.74) is 0.581. The molecule has 1 aliphatic rings. The number of sulfonamides is 1. The van der Waals surface area contributed by atoms with Gasteiger partial charge in [0.25, 0.3) is 15.9 Å². The summed E-state index contributed by atoms with van der Waals surface area (Å²) in [6.45, 7) is 0. The first kappa shape index (κ1) is 11.7. The maximum Gasteiger partial charge on any atom is 0.266 e. The molecule has 7 heteroatoms. The van der Waals surface area contributed by atoms with E-state index in [0.717, 1.165) is 0 Å². The highest BCUT2D eigenvalue weighted by Gasteiger charge is 2.32. The minimum Gasteiger partial charge on any atom is -0.453 e. The van der Waals surface area contributed by atoms with Crippen LogP contribution >= 0.6 is 0 Å². The lowest BCUT2D eigenvalue weighted by Gasteiger charge is -1.99. The van der Waals surface area contributed by atoms with Crippen LogP contribution in [0, 0.1) is 0 Å². The minimum absolute atomic E-state index is 0.0842. The van der Waals surface area contributed by atoms with Gasteiger partial charge in [0.15, 0.2) is 12.0 Å². The van der Waals surface area contributed by atoms with E-state index in [-0.39, 0.29) is 16.2 Å². The van der Waals surface area contributed by atoms with Crippen molar-refractivity contribution in [3.05, 3.63) is 41.7 Å². The lowest BCUT2D eigenvalue weighted by atomic mass is 10.1. The second-order valence-electron chi connectivity index (χ2n) is 3.97. The maximum absolute atomic E-state index is 11.7. The average molecular weight is 277 g/mol. The molecule has 1 amide bonds. The molecule has 0 atom stereocenters. The molecule has 19 heavy (non-hydrogen) atoms. The number of carbonyl (C=O) groups excluding carboxylic acids is 2. The van der Waals surface area contributed by atoms with E-state index in [2.05, 4.69) is 0 Å². The zero-order valence-electron chi connectivity index (χ0n) is 9.41. The Kier molecular flexibility index (Phi) is 2.33. The smallest absolute Gasteiger partial charge is 0.266 e. The third-order valence-corrected chi connectivity index (χ3v) is 4.14. The molecule has 3 rings (SSSR count). The monoisotopic (exact) mass is 277 g/mol. The Labute approximate surface area is 108 Å². The number of fused-ring (bicyclic) bond motifs is 1. The number of aldehydes is 1. The SMILES string of the molecule is O=Cc1ccc(-c2ccc3c(c2)S(=O)(=O)NC3=O)o1. The highest BCUT2D eigenvalue weighted by molar-refractivity contribution is 7.90. The molecule has 0 saturated carbocycles. The normalized spacial score (nSPS) is 15.9. The van der Waals surface area contributed by atoms with Crippen molar-refractivity contribution in [1.82, 2.24) is 4.72 Å². The van der Waals surface area contributed by atoms with Crippen LogP contribution in [-0.4, -0.2) is 20.6 Å².